The molecule has 2 heterocycles. The number of hydrogen-bond donors (Lipinski definition) is 2. The van der Waals surface area contributed by atoms with Crippen molar-refractivity contribution in [1.29, 1.82) is 0 Å². The highest BCUT2D eigenvalue weighted by molar-refractivity contribution is 7.89. The van der Waals surface area contributed by atoms with E-state index in [1.165, 1.54) is 16.7 Å². The summed E-state index contributed by atoms with van der Waals surface area (Å²) in [6.07, 6.45) is 4.62. The molecule has 6 nitrogen and oxygen atoms in total. The standard InChI is InChI=1S/C9H16N4O2S/c10-4-8-2-1-3-13(7-8)16(14,15)9-5-11-12-6-9/h5-6,8H,1-4,7,10H2,(H,11,12). The monoisotopic (exact) mass is 244 g/mol. The average Bonchev–Trinajstić information content (AvgIpc) is 2.83. The van der Waals surface area contributed by atoms with E-state index in [2.05, 4.69) is 10.2 Å². The normalized spacial score (nSPS) is 23.4. The molecular formula is C9H16N4O2S. The predicted molar refractivity (Wildman–Crippen MR) is 59.1 cm³/mol. The minimum atomic E-state index is -3.38. The Bertz CT molecular complexity index is 428. The highest BCUT2D eigenvalue weighted by Crippen LogP contribution is 2.22. The molecule has 0 spiro atoms. The number of rotatable bonds is 3. The molecule has 1 aromatic heterocycles. The summed E-state index contributed by atoms with van der Waals surface area (Å²) in [6, 6.07) is 0. The number of piperidine rings is 1. The first-order chi connectivity index (χ1) is 7.64. The van der Waals surface area contributed by atoms with E-state index in [0.717, 1.165) is 12.8 Å². The second-order valence-electron chi connectivity index (χ2n) is 4.04. The number of aromatic amines is 1. The minimum absolute atomic E-state index is 0.227. The van der Waals surface area contributed by atoms with Crippen molar-refractivity contribution < 1.29 is 8.42 Å². The van der Waals surface area contributed by atoms with Gasteiger partial charge in [-0.3, -0.25) is 5.10 Å². The zero-order chi connectivity index (χ0) is 11.6. The number of nitrogens with two attached hydrogens (primary N) is 1. The third kappa shape index (κ3) is 2.11. The van der Waals surface area contributed by atoms with Crippen LogP contribution in [-0.4, -0.2) is 42.6 Å². The third-order valence-corrected chi connectivity index (χ3v) is 4.76. The molecule has 0 saturated carbocycles. The van der Waals surface area contributed by atoms with Crippen LogP contribution in [0, 0.1) is 5.92 Å². The van der Waals surface area contributed by atoms with Crippen molar-refractivity contribution in [3.05, 3.63) is 12.4 Å². The van der Waals surface area contributed by atoms with Crippen LogP contribution in [0.4, 0.5) is 0 Å². The molecule has 0 bridgehead atoms. The van der Waals surface area contributed by atoms with Gasteiger partial charge in [0.1, 0.15) is 4.90 Å². The fraction of sp³-hybridized carbons (Fsp3) is 0.667. The molecule has 1 unspecified atom stereocenters. The van der Waals surface area contributed by atoms with Crippen LogP contribution in [0.3, 0.4) is 0 Å². The SMILES string of the molecule is NCC1CCCN(S(=O)(=O)c2cn[nH]c2)C1. The van der Waals surface area contributed by atoms with Crippen molar-refractivity contribution >= 4 is 10.0 Å². The molecule has 1 saturated heterocycles. The smallest absolute Gasteiger partial charge is 0.246 e. The van der Waals surface area contributed by atoms with Crippen molar-refractivity contribution in [3.63, 3.8) is 0 Å². The van der Waals surface area contributed by atoms with Gasteiger partial charge in [-0.15, -0.1) is 0 Å². The van der Waals surface area contributed by atoms with Crippen LogP contribution in [0.5, 0.6) is 0 Å². The van der Waals surface area contributed by atoms with Gasteiger partial charge in [-0.25, -0.2) is 8.42 Å². The molecule has 1 aliphatic rings. The van der Waals surface area contributed by atoms with Crippen LogP contribution in [-0.2, 0) is 10.0 Å². The zero-order valence-electron chi connectivity index (χ0n) is 8.96. The van der Waals surface area contributed by atoms with Crippen LogP contribution in [0.25, 0.3) is 0 Å². The summed E-state index contributed by atoms with van der Waals surface area (Å²) >= 11 is 0. The number of hydrogen-bond acceptors (Lipinski definition) is 4. The van der Waals surface area contributed by atoms with Crippen molar-refractivity contribution in [2.45, 2.75) is 17.7 Å². The molecule has 1 atom stereocenters. The van der Waals surface area contributed by atoms with E-state index in [1.54, 1.807) is 0 Å². The number of nitrogens with one attached hydrogen (secondary N) is 1. The second kappa shape index (κ2) is 4.52. The van der Waals surface area contributed by atoms with Crippen LogP contribution < -0.4 is 5.73 Å². The van der Waals surface area contributed by atoms with Crippen molar-refractivity contribution in [1.82, 2.24) is 14.5 Å². The molecule has 1 fully saturated rings. The van der Waals surface area contributed by atoms with Gasteiger partial charge in [-0.1, -0.05) is 0 Å². The Labute approximate surface area is 94.9 Å². The van der Waals surface area contributed by atoms with Gasteiger partial charge in [0, 0.05) is 19.3 Å². The lowest BCUT2D eigenvalue weighted by atomic mass is 10.0. The van der Waals surface area contributed by atoms with Gasteiger partial charge in [0.25, 0.3) is 0 Å². The molecule has 0 radical (unpaired) electrons. The molecule has 16 heavy (non-hydrogen) atoms. The lowest BCUT2D eigenvalue weighted by molar-refractivity contribution is 0.271. The maximum Gasteiger partial charge on any atom is 0.246 e. The Balaban J connectivity index is 2.18. The van der Waals surface area contributed by atoms with Gasteiger partial charge in [-0.2, -0.15) is 9.40 Å². The fourth-order valence-electron chi connectivity index (χ4n) is 1.97. The molecule has 0 amide bonds. The summed E-state index contributed by atoms with van der Waals surface area (Å²) in [6.45, 7) is 1.63. The molecular weight excluding hydrogens is 228 g/mol. The Hall–Kier alpha value is -0.920. The van der Waals surface area contributed by atoms with Gasteiger partial charge >= 0.3 is 0 Å². The Morgan fingerprint density at radius 1 is 1.62 bits per heavy atom. The first kappa shape index (κ1) is 11.6. The van der Waals surface area contributed by atoms with Gasteiger partial charge in [0.15, 0.2) is 0 Å². The van der Waals surface area contributed by atoms with E-state index >= 15 is 0 Å². The highest BCUT2D eigenvalue weighted by atomic mass is 32.2. The molecule has 3 N–H and O–H groups in total. The van der Waals surface area contributed by atoms with Crippen molar-refractivity contribution in [2.24, 2.45) is 11.7 Å². The van der Waals surface area contributed by atoms with Crippen LogP contribution in [0.2, 0.25) is 0 Å². The minimum Gasteiger partial charge on any atom is -0.330 e. The maximum atomic E-state index is 12.1. The summed E-state index contributed by atoms with van der Waals surface area (Å²) in [7, 11) is -3.38. The average molecular weight is 244 g/mol. The number of H-pyrrole nitrogens is 1. The fourth-order valence-corrected chi connectivity index (χ4v) is 3.43. The predicted octanol–water partition coefficient (Wildman–Crippen LogP) is -0.231. The summed E-state index contributed by atoms with van der Waals surface area (Å²) in [5.41, 5.74) is 5.59. The summed E-state index contributed by atoms with van der Waals surface area (Å²) in [5.74, 6) is 0.274. The first-order valence-corrected chi connectivity index (χ1v) is 6.77. The van der Waals surface area contributed by atoms with Gasteiger partial charge < -0.3 is 5.73 Å². The van der Waals surface area contributed by atoms with E-state index in [0.29, 0.717) is 19.6 Å². The largest absolute Gasteiger partial charge is 0.330 e. The number of sulfonamides is 1. The molecule has 0 aromatic carbocycles. The quantitative estimate of drug-likeness (QED) is 0.768. The van der Waals surface area contributed by atoms with Crippen LogP contribution in [0.15, 0.2) is 17.3 Å². The molecule has 90 valence electrons. The third-order valence-electron chi connectivity index (χ3n) is 2.93. The topological polar surface area (TPSA) is 92.1 Å². The summed E-state index contributed by atoms with van der Waals surface area (Å²) in [4.78, 5) is 0.227. The van der Waals surface area contributed by atoms with E-state index < -0.39 is 10.0 Å². The van der Waals surface area contributed by atoms with E-state index in [-0.39, 0.29) is 10.8 Å². The summed E-state index contributed by atoms with van der Waals surface area (Å²) < 4.78 is 25.8. The van der Waals surface area contributed by atoms with Gasteiger partial charge in [0.05, 0.1) is 6.20 Å². The summed E-state index contributed by atoms with van der Waals surface area (Å²) in [5, 5.41) is 6.19. The molecule has 1 aromatic rings. The molecule has 7 heteroatoms. The number of aromatic nitrogens is 2. The maximum absolute atomic E-state index is 12.1. The Morgan fingerprint density at radius 2 is 2.44 bits per heavy atom. The van der Waals surface area contributed by atoms with E-state index in [9.17, 15) is 8.42 Å². The van der Waals surface area contributed by atoms with Crippen LogP contribution in [0.1, 0.15) is 12.8 Å². The van der Waals surface area contributed by atoms with Crippen molar-refractivity contribution in [2.75, 3.05) is 19.6 Å². The van der Waals surface area contributed by atoms with Gasteiger partial charge in [-0.05, 0) is 25.3 Å². The lowest BCUT2D eigenvalue weighted by Crippen LogP contribution is -2.41. The number of nitrogens with zero attached hydrogens (tertiary/aromatic N) is 2. The Morgan fingerprint density at radius 3 is 3.06 bits per heavy atom. The zero-order valence-corrected chi connectivity index (χ0v) is 9.78. The first-order valence-electron chi connectivity index (χ1n) is 5.33. The molecule has 2 rings (SSSR count). The lowest BCUT2D eigenvalue weighted by Gasteiger charge is -2.30. The second-order valence-corrected chi connectivity index (χ2v) is 5.98. The van der Waals surface area contributed by atoms with E-state index in [1.807, 2.05) is 0 Å². The van der Waals surface area contributed by atoms with E-state index in [4.69, 9.17) is 5.73 Å². The van der Waals surface area contributed by atoms with Gasteiger partial charge in [0.2, 0.25) is 10.0 Å². The van der Waals surface area contributed by atoms with Crippen molar-refractivity contribution in [3.8, 4) is 0 Å². The molecule has 0 aliphatic carbocycles. The van der Waals surface area contributed by atoms with Crippen LogP contribution >= 0.6 is 0 Å². The highest BCUT2D eigenvalue weighted by Gasteiger charge is 2.30. The Kier molecular flexibility index (Phi) is 3.27. The molecule has 1 aliphatic heterocycles.